The van der Waals surface area contributed by atoms with Crippen molar-refractivity contribution in [3.8, 4) is 0 Å². The first-order valence-electron chi connectivity index (χ1n) is 7.04. The molecule has 0 radical (unpaired) electrons. The van der Waals surface area contributed by atoms with Gasteiger partial charge in [0.15, 0.2) is 0 Å². The Balaban J connectivity index is 2.33. The summed E-state index contributed by atoms with van der Waals surface area (Å²) < 4.78 is 20.7. The van der Waals surface area contributed by atoms with Gasteiger partial charge >= 0.3 is 0 Å². The number of hydrogen-bond donors (Lipinski definition) is 0. The zero-order chi connectivity index (χ0) is 13.9. The number of rotatable bonds is 5. The second-order valence-corrected chi connectivity index (χ2v) is 11.0. The normalized spacial score (nSPS) is 19.9. The van der Waals surface area contributed by atoms with Gasteiger partial charge in [0.1, 0.15) is 10.4 Å². The monoisotopic (exact) mass is 345 g/mol. The predicted octanol–water partition coefficient (Wildman–Crippen LogP) is 3.86. The van der Waals surface area contributed by atoms with Gasteiger partial charge in [-0.1, -0.05) is 25.9 Å². The van der Waals surface area contributed by atoms with E-state index in [0.717, 1.165) is 47.4 Å². The quantitative estimate of drug-likeness (QED) is 0.597. The standard InChI is InChI=1S/C14H21BrFNOSi/c1-3-19(4-2,10-11-6-5-7-18-11)13-8-14(15)17-9-12(13)16/h8-9,11H,3-7,10H2,1-2H3. The molecule has 1 fully saturated rings. The van der Waals surface area contributed by atoms with Crippen molar-refractivity contribution in [3.05, 3.63) is 22.7 Å². The van der Waals surface area contributed by atoms with Crippen molar-refractivity contribution >= 4 is 29.2 Å². The van der Waals surface area contributed by atoms with E-state index < -0.39 is 8.07 Å². The molecule has 2 heterocycles. The molecule has 0 aromatic carbocycles. The van der Waals surface area contributed by atoms with E-state index in [1.54, 1.807) is 0 Å². The molecule has 0 N–H and O–H groups in total. The molecule has 1 aromatic heterocycles. The van der Waals surface area contributed by atoms with E-state index in [9.17, 15) is 4.39 Å². The summed E-state index contributed by atoms with van der Waals surface area (Å²) in [5.41, 5.74) is 0. The minimum atomic E-state index is -1.83. The number of nitrogens with zero attached hydrogens (tertiary/aromatic N) is 1. The van der Waals surface area contributed by atoms with E-state index in [1.807, 2.05) is 6.07 Å². The van der Waals surface area contributed by atoms with Crippen LogP contribution in [0.25, 0.3) is 0 Å². The van der Waals surface area contributed by atoms with E-state index >= 15 is 0 Å². The van der Waals surface area contributed by atoms with Crippen molar-refractivity contribution in [1.82, 2.24) is 4.98 Å². The molecule has 1 aromatic rings. The van der Waals surface area contributed by atoms with Crippen LogP contribution in [0.4, 0.5) is 4.39 Å². The Bertz CT molecular complexity index is 433. The summed E-state index contributed by atoms with van der Waals surface area (Å²) in [7, 11) is -1.83. The molecule has 106 valence electrons. The number of pyridine rings is 1. The highest BCUT2D eigenvalue weighted by Crippen LogP contribution is 2.29. The van der Waals surface area contributed by atoms with E-state index in [-0.39, 0.29) is 5.82 Å². The Kier molecular flexibility index (Phi) is 5.14. The lowest BCUT2D eigenvalue weighted by Gasteiger charge is -2.32. The first-order chi connectivity index (χ1) is 9.11. The number of aromatic nitrogens is 1. The Hall–Kier alpha value is -0.263. The van der Waals surface area contributed by atoms with Crippen LogP contribution in [0.15, 0.2) is 16.9 Å². The maximum absolute atomic E-state index is 14.2. The van der Waals surface area contributed by atoms with Gasteiger partial charge in [-0.15, -0.1) is 0 Å². The highest BCUT2D eigenvalue weighted by molar-refractivity contribution is 9.10. The summed E-state index contributed by atoms with van der Waals surface area (Å²) >= 11 is 3.37. The van der Waals surface area contributed by atoms with Crippen LogP contribution in [0.1, 0.15) is 26.7 Å². The minimum Gasteiger partial charge on any atom is -0.379 e. The van der Waals surface area contributed by atoms with Gasteiger partial charge in [-0.3, -0.25) is 0 Å². The van der Waals surface area contributed by atoms with Gasteiger partial charge in [-0.2, -0.15) is 0 Å². The second-order valence-electron chi connectivity index (χ2n) is 5.31. The summed E-state index contributed by atoms with van der Waals surface area (Å²) in [6.45, 7) is 5.25. The molecule has 0 aliphatic carbocycles. The lowest BCUT2D eigenvalue weighted by Crippen LogP contribution is -2.50. The molecular weight excluding hydrogens is 325 g/mol. The first-order valence-corrected chi connectivity index (χ1v) is 10.5. The molecule has 0 saturated carbocycles. The fraction of sp³-hybridized carbons (Fsp3) is 0.643. The van der Waals surface area contributed by atoms with Crippen molar-refractivity contribution in [3.63, 3.8) is 0 Å². The van der Waals surface area contributed by atoms with Crippen LogP contribution >= 0.6 is 15.9 Å². The Labute approximate surface area is 123 Å². The molecule has 0 spiro atoms. The zero-order valence-electron chi connectivity index (χ0n) is 11.6. The molecule has 1 unspecified atom stereocenters. The van der Waals surface area contributed by atoms with Gasteiger partial charge in [0.25, 0.3) is 0 Å². The number of hydrogen-bond acceptors (Lipinski definition) is 2. The summed E-state index contributed by atoms with van der Waals surface area (Å²) in [6.07, 6.45) is 3.95. The van der Waals surface area contributed by atoms with Crippen molar-refractivity contribution in [1.29, 1.82) is 0 Å². The maximum Gasteiger partial charge on any atom is 0.140 e. The SMILES string of the molecule is CC[Si](CC)(CC1CCCO1)c1cc(Br)ncc1F. The van der Waals surface area contributed by atoms with Crippen LogP contribution in [0.2, 0.25) is 18.1 Å². The molecule has 5 heteroatoms. The molecular formula is C14H21BrFNOSi. The lowest BCUT2D eigenvalue weighted by molar-refractivity contribution is 0.124. The number of ether oxygens (including phenoxy) is 1. The van der Waals surface area contributed by atoms with Gasteiger partial charge in [-0.05, 0) is 46.1 Å². The van der Waals surface area contributed by atoms with Crippen LogP contribution in [-0.2, 0) is 4.74 Å². The maximum atomic E-state index is 14.2. The van der Waals surface area contributed by atoms with Crippen LogP contribution in [0, 0.1) is 5.82 Å². The van der Waals surface area contributed by atoms with Gasteiger partial charge in [0.05, 0.1) is 20.4 Å². The van der Waals surface area contributed by atoms with Crippen LogP contribution in [0.5, 0.6) is 0 Å². The van der Waals surface area contributed by atoms with Crippen molar-refractivity contribution in [2.75, 3.05) is 6.61 Å². The van der Waals surface area contributed by atoms with Crippen LogP contribution in [-0.4, -0.2) is 25.8 Å². The lowest BCUT2D eigenvalue weighted by atomic mass is 10.3. The topological polar surface area (TPSA) is 22.1 Å². The highest BCUT2D eigenvalue weighted by Gasteiger charge is 2.37. The third kappa shape index (κ3) is 3.25. The predicted molar refractivity (Wildman–Crippen MR) is 82.0 cm³/mol. The molecule has 2 rings (SSSR count). The van der Waals surface area contributed by atoms with E-state index in [4.69, 9.17) is 4.74 Å². The minimum absolute atomic E-state index is 0.142. The zero-order valence-corrected chi connectivity index (χ0v) is 14.2. The van der Waals surface area contributed by atoms with E-state index in [1.165, 1.54) is 6.20 Å². The molecule has 0 amide bonds. The summed E-state index contributed by atoms with van der Waals surface area (Å²) in [5.74, 6) is -0.142. The van der Waals surface area contributed by atoms with Crippen molar-refractivity contribution < 1.29 is 9.13 Å². The summed E-state index contributed by atoms with van der Waals surface area (Å²) in [4.78, 5) is 3.99. The third-order valence-corrected chi connectivity index (χ3v) is 10.3. The van der Waals surface area contributed by atoms with E-state index in [2.05, 4.69) is 34.8 Å². The van der Waals surface area contributed by atoms with Gasteiger partial charge in [0, 0.05) is 6.61 Å². The fourth-order valence-electron chi connectivity index (χ4n) is 3.09. The Morgan fingerprint density at radius 1 is 1.47 bits per heavy atom. The molecule has 19 heavy (non-hydrogen) atoms. The Morgan fingerprint density at radius 3 is 2.79 bits per heavy atom. The van der Waals surface area contributed by atoms with Gasteiger partial charge < -0.3 is 4.74 Å². The van der Waals surface area contributed by atoms with E-state index in [0.29, 0.717) is 6.10 Å². The molecule has 1 aliphatic heterocycles. The third-order valence-electron chi connectivity index (χ3n) is 4.39. The first kappa shape index (κ1) is 15.1. The average Bonchev–Trinajstić information content (AvgIpc) is 2.92. The average molecular weight is 346 g/mol. The summed E-state index contributed by atoms with van der Waals surface area (Å²) in [5, 5.41) is 0.912. The molecule has 0 bridgehead atoms. The smallest absolute Gasteiger partial charge is 0.140 e. The molecule has 1 atom stereocenters. The van der Waals surface area contributed by atoms with Gasteiger partial charge in [-0.25, -0.2) is 9.37 Å². The molecule has 1 saturated heterocycles. The molecule has 2 nitrogen and oxygen atoms in total. The van der Waals surface area contributed by atoms with Crippen LogP contribution in [0.3, 0.4) is 0 Å². The van der Waals surface area contributed by atoms with Crippen LogP contribution < -0.4 is 5.19 Å². The van der Waals surface area contributed by atoms with Gasteiger partial charge in [0.2, 0.25) is 0 Å². The fourth-order valence-corrected chi connectivity index (χ4v) is 7.90. The number of halogens is 2. The summed E-state index contributed by atoms with van der Waals surface area (Å²) in [6, 6.07) is 5.03. The van der Waals surface area contributed by atoms with Crippen molar-refractivity contribution in [2.24, 2.45) is 0 Å². The molecule has 1 aliphatic rings. The second kappa shape index (κ2) is 6.46. The Morgan fingerprint density at radius 2 is 2.21 bits per heavy atom. The largest absolute Gasteiger partial charge is 0.379 e. The van der Waals surface area contributed by atoms with Crippen molar-refractivity contribution in [2.45, 2.75) is 50.9 Å². The highest BCUT2D eigenvalue weighted by atomic mass is 79.9.